The molecule has 1 atom stereocenters. The number of ether oxygens (including phenoxy) is 2. The van der Waals surface area contributed by atoms with Crippen molar-refractivity contribution in [3.8, 4) is 11.5 Å². The number of sulfone groups is 1. The van der Waals surface area contributed by atoms with Crippen molar-refractivity contribution in [3.05, 3.63) is 23.8 Å². The normalized spacial score (nSPS) is 22.2. The Kier molecular flexibility index (Phi) is 3.52. The highest BCUT2D eigenvalue weighted by Gasteiger charge is 2.35. The molecule has 1 fully saturated rings. The second kappa shape index (κ2) is 5.22. The van der Waals surface area contributed by atoms with Gasteiger partial charge in [-0.15, -0.1) is 0 Å². The van der Waals surface area contributed by atoms with Gasteiger partial charge in [0.05, 0.1) is 17.1 Å². The highest BCUT2D eigenvalue weighted by Crippen LogP contribution is 2.36. The summed E-state index contributed by atoms with van der Waals surface area (Å²) in [6, 6.07) is 4.91. The average molecular weight is 311 g/mol. The van der Waals surface area contributed by atoms with Crippen molar-refractivity contribution in [2.45, 2.75) is 19.4 Å². The first-order chi connectivity index (χ1) is 10.0. The van der Waals surface area contributed by atoms with Crippen LogP contribution in [0.15, 0.2) is 18.2 Å². The van der Waals surface area contributed by atoms with Crippen molar-refractivity contribution in [3.63, 3.8) is 0 Å². The number of carbonyl (C=O) groups is 1. The van der Waals surface area contributed by atoms with Crippen LogP contribution >= 0.6 is 0 Å². The van der Waals surface area contributed by atoms with Crippen LogP contribution in [0.1, 0.15) is 23.7 Å². The molecule has 7 heteroatoms. The fourth-order valence-corrected chi connectivity index (χ4v) is 4.57. The maximum Gasteiger partial charge on any atom is 0.258 e. The molecule has 114 valence electrons. The number of nitrogens with zero attached hydrogens (tertiary/aromatic N) is 1. The van der Waals surface area contributed by atoms with Gasteiger partial charge >= 0.3 is 0 Å². The first-order valence-electron chi connectivity index (χ1n) is 6.92. The van der Waals surface area contributed by atoms with Gasteiger partial charge < -0.3 is 14.4 Å². The molecule has 0 aromatic heterocycles. The summed E-state index contributed by atoms with van der Waals surface area (Å²) in [5.41, 5.74) is 0.427. The third-order valence-electron chi connectivity index (χ3n) is 3.88. The maximum absolute atomic E-state index is 12.7. The van der Waals surface area contributed by atoms with E-state index in [4.69, 9.17) is 9.47 Å². The van der Waals surface area contributed by atoms with Crippen LogP contribution in [0.3, 0.4) is 0 Å². The molecule has 3 rings (SSSR count). The van der Waals surface area contributed by atoms with Crippen molar-refractivity contribution in [2.75, 3.05) is 24.8 Å². The molecule has 2 aliphatic heterocycles. The molecule has 1 amide bonds. The Balaban J connectivity index is 1.88. The van der Waals surface area contributed by atoms with Crippen molar-refractivity contribution in [2.24, 2.45) is 0 Å². The predicted octanol–water partition coefficient (Wildman–Crippen LogP) is 1.06. The molecule has 21 heavy (non-hydrogen) atoms. The lowest BCUT2D eigenvalue weighted by molar-refractivity contribution is 0.0704. The van der Waals surface area contributed by atoms with Gasteiger partial charge in [0.2, 0.25) is 6.79 Å². The van der Waals surface area contributed by atoms with Crippen LogP contribution in [-0.2, 0) is 9.84 Å². The number of carbonyl (C=O) groups excluding carboxylic acids is 1. The Bertz CT molecular complexity index is 670. The molecule has 1 aromatic carbocycles. The molecule has 0 radical (unpaired) electrons. The van der Waals surface area contributed by atoms with Gasteiger partial charge in [0.25, 0.3) is 5.91 Å². The summed E-state index contributed by atoms with van der Waals surface area (Å²) in [5.74, 6) is 0.979. The Morgan fingerprint density at radius 3 is 2.86 bits per heavy atom. The summed E-state index contributed by atoms with van der Waals surface area (Å²) < 4.78 is 33.9. The largest absolute Gasteiger partial charge is 0.454 e. The topological polar surface area (TPSA) is 72.9 Å². The highest BCUT2D eigenvalue weighted by molar-refractivity contribution is 7.91. The van der Waals surface area contributed by atoms with E-state index in [1.54, 1.807) is 23.1 Å². The fourth-order valence-electron chi connectivity index (χ4n) is 2.84. The second-order valence-corrected chi connectivity index (χ2v) is 7.42. The van der Waals surface area contributed by atoms with Crippen LogP contribution in [0.25, 0.3) is 0 Å². The van der Waals surface area contributed by atoms with Crippen molar-refractivity contribution >= 4 is 15.7 Å². The molecular formula is C14H17NO5S. The van der Waals surface area contributed by atoms with Gasteiger partial charge in [-0.3, -0.25) is 4.79 Å². The average Bonchev–Trinajstić information content (AvgIpc) is 3.05. The van der Waals surface area contributed by atoms with E-state index in [0.29, 0.717) is 30.0 Å². The minimum absolute atomic E-state index is 0.0406. The zero-order chi connectivity index (χ0) is 15.0. The van der Waals surface area contributed by atoms with Gasteiger partial charge in [-0.25, -0.2) is 8.42 Å². The summed E-state index contributed by atoms with van der Waals surface area (Å²) in [6.45, 7) is 2.41. The van der Waals surface area contributed by atoms with Crippen LogP contribution in [-0.4, -0.2) is 50.1 Å². The first kappa shape index (κ1) is 14.2. The summed E-state index contributed by atoms with van der Waals surface area (Å²) in [6.07, 6.45) is 0.494. The number of fused-ring (bicyclic) bond motifs is 1. The fraction of sp³-hybridized carbons (Fsp3) is 0.500. The van der Waals surface area contributed by atoms with Crippen molar-refractivity contribution in [1.29, 1.82) is 0 Å². The predicted molar refractivity (Wildman–Crippen MR) is 76.3 cm³/mol. The number of rotatable bonds is 3. The Morgan fingerprint density at radius 2 is 2.19 bits per heavy atom. The monoisotopic (exact) mass is 311 g/mol. The van der Waals surface area contributed by atoms with Crippen molar-refractivity contribution in [1.82, 2.24) is 4.90 Å². The number of benzene rings is 1. The van der Waals surface area contributed by atoms with E-state index in [0.717, 1.165) is 0 Å². The van der Waals surface area contributed by atoms with E-state index in [-0.39, 0.29) is 30.2 Å². The molecule has 0 aliphatic carbocycles. The summed E-state index contributed by atoms with van der Waals surface area (Å²) >= 11 is 0. The lowest BCUT2D eigenvalue weighted by Gasteiger charge is -2.27. The molecule has 1 saturated heterocycles. The summed E-state index contributed by atoms with van der Waals surface area (Å²) in [5, 5.41) is 0. The van der Waals surface area contributed by atoms with Gasteiger partial charge in [0.15, 0.2) is 21.3 Å². The minimum atomic E-state index is -3.03. The standard InChI is InChI=1S/C14H17NO5S/c1-2-15(10-6-7-21(17,18)8-10)14(16)11-4-3-5-12-13(11)20-9-19-12/h3-5,10H,2,6-9H2,1H3. The molecule has 0 bridgehead atoms. The van der Waals surface area contributed by atoms with Gasteiger partial charge in [-0.2, -0.15) is 0 Å². The van der Waals surface area contributed by atoms with Gasteiger partial charge in [-0.05, 0) is 25.5 Å². The molecule has 1 unspecified atom stereocenters. The number of hydrogen-bond acceptors (Lipinski definition) is 5. The molecule has 1 aromatic rings. The Hall–Kier alpha value is -1.76. The van der Waals surface area contributed by atoms with Gasteiger partial charge in [0, 0.05) is 12.6 Å². The third kappa shape index (κ3) is 2.57. The molecular weight excluding hydrogens is 294 g/mol. The third-order valence-corrected chi connectivity index (χ3v) is 5.63. The molecule has 0 saturated carbocycles. The van der Waals surface area contributed by atoms with Crippen LogP contribution in [0.5, 0.6) is 11.5 Å². The van der Waals surface area contributed by atoms with Crippen LogP contribution < -0.4 is 9.47 Å². The van der Waals surface area contributed by atoms with E-state index in [1.807, 2.05) is 6.92 Å². The van der Waals surface area contributed by atoms with Gasteiger partial charge in [-0.1, -0.05) is 6.07 Å². The highest BCUT2D eigenvalue weighted by atomic mass is 32.2. The zero-order valence-electron chi connectivity index (χ0n) is 11.7. The SMILES string of the molecule is CCN(C(=O)c1cccc2c1OCO2)C1CCS(=O)(=O)C1. The summed E-state index contributed by atoms with van der Waals surface area (Å²) in [7, 11) is -3.03. The lowest BCUT2D eigenvalue weighted by Crippen LogP contribution is -2.41. The summed E-state index contributed by atoms with van der Waals surface area (Å²) in [4.78, 5) is 14.3. The number of amides is 1. The molecule has 6 nitrogen and oxygen atoms in total. The van der Waals surface area contributed by atoms with Crippen LogP contribution in [0.2, 0.25) is 0 Å². The van der Waals surface area contributed by atoms with E-state index >= 15 is 0 Å². The number of para-hydroxylation sites is 1. The van der Waals surface area contributed by atoms with Crippen LogP contribution in [0, 0.1) is 0 Å². The lowest BCUT2D eigenvalue weighted by atomic mass is 10.1. The Labute approximate surface area is 123 Å². The minimum Gasteiger partial charge on any atom is -0.454 e. The second-order valence-electron chi connectivity index (χ2n) is 5.19. The molecule has 2 heterocycles. The van der Waals surface area contributed by atoms with E-state index < -0.39 is 9.84 Å². The molecule has 0 spiro atoms. The van der Waals surface area contributed by atoms with Crippen molar-refractivity contribution < 1.29 is 22.7 Å². The quantitative estimate of drug-likeness (QED) is 0.835. The van der Waals surface area contributed by atoms with Gasteiger partial charge in [0.1, 0.15) is 0 Å². The van der Waals surface area contributed by atoms with E-state index in [1.165, 1.54) is 0 Å². The van der Waals surface area contributed by atoms with E-state index in [9.17, 15) is 13.2 Å². The molecule has 2 aliphatic rings. The Morgan fingerprint density at radius 1 is 1.38 bits per heavy atom. The van der Waals surface area contributed by atoms with Crippen LogP contribution in [0.4, 0.5) is 0 Å². The smallest absolute Gasteiger partial charge is 0.258 e. The number of hydrogen-bond donors (Lipinski definition) is 0. The zero-order valence-corrected chi connectivity index (χ0v) is 12.6. The maximum atomic E-state index is 12.7. The first-order valence-corrected chi connectivity index (χ1v) is 8.74. The van der Waals surface area contributed by atoms with E-state index in [2.05, 4.69) is 0 Å². The molecule has 0 N–H and O–H groups in total.